The zero-order chi connectivity index (χ0) is 18.1. The second-order valence-corrected chi connectivity index (χ2v) is 4.40. The van der Waals surface area contributed by atoms with Crippen molar-refractivity contribution < 1.29 is 45.1 Å². The summed E-state index contributed by atoms with van der Waals surface area (Å²) >= 11 is 0. The first-order valence-corrected chi connectivity index (χ1v) is 5.87. The van der Waals surface area contributed by atoms with Crippen LogP contribution in [0.15, 0.2) is 24.3 Å². The summed E-state index contributed by atoms with van der Waals surface area (Å²) in [6.45, 7) is 0. The third-order valence-electron chi connectivity index (χ3n) is 2.83. The van der Waals surface area contributed by atoms with Crippen LogP contribution in [0.3, 0.4) is 0 Å². The van der Waals surface area contributed by atoms with Crippen LogP contribution in [-0.4, -0.2) is 36.7 Å². The fourth-order valence-corrected chi connectivity index (χ4v) is 1.49. The molecule has 0 heterocycles. The lowest BCUT2D eigenvalue weighted by Gasteiger charge is -2.26. The molecule has 23 heavy (non-hydrogen) atoms. The molecule has 0 aromatic heterocycles. The summed E-state index contributed by atoms with van der Waals surface area (Å²) in [5, 5.41) is 0. The molecule has 0 unspecified atom stereocenters. The van der Waals surface area contributed by atoms with Crippen molar-refractivity contribution in [2.24, 2.45) is 0 Å². The van der Waals surface area contributed by atoms with Gasteiger partial charge >= 0.3 is 18.0 Å². The van der Waals surface area contributed by atoms with Gasteiger partial charge in [0.25, 0.3) is 0 Å². The SMILES string of the molecule is COc1ccc(C(=O)CC(=O)C(F)(F)C(F)(F)C(F)(F)F)cc1. The molecule has 128 valence electrons. The van der Waals surface area contributed by atoms with Crippen molar-refractivity contribution in [2.75, 3.05) is 7.11 Å². The summed E-state index contributed by atoms with van der Waals surface area (Å²) in [6, 6.07) is 4.54. The second kappa shape index (κ2) is 6.17. The van der Waals surface area contributed by atoms with Crippen LogP contribution < -0.4 is 4.74 Å². The fraction of sp³-hybridized carbons (Fsp3) is 0.385. The molecule has 1 aromatic rings. The number of ether oxygens (including phenoxy) is 1. The monoisotopic (exact) mass is 346 g/mol. The van der Waals surface area contributed by atoms with Crippen molar-refractivity contribution >= 4 is 11.6 Å². The van der Waals surface area contributed by atoms with E-state index in [9.17, 15) is 40.3 Å². The van der Waals surface area contributed by atoms with E-state index in [2.05, 4.69) is 0 Å². The first kappa shape index (κ1) is 18.9. The molecule has 0 saturated carbocycles. The molecule has 0 spiro atoms. The molecule has 0 bridgehead atoms. The molecule has 0 fully saturated rings. The van der Waals surface area contributed by atoms with Gasteiger partial charge in [0, 0.05) is 5.56 Å². The Morgan fingerprint density at radius 2 is 1.43 bits per heavy atom. The van der Waals surface area contributed by atoms with E-state index in [0.29, 0.717) is 0 Å². The highest BCUT2D eigenvalue weighted by Gasteiger charge is 2.75. The summed E-state index contributed by atoms with van der Waals surface area (Å²) in [5.74, 6) is -16.5. The standard InChI is InChI=1S/C13H9F7O3/c1-23-8-4-2-7(3-5-8)9(21)6-10(22)11(14,15)12(16,17)13(18,19)20/h2-5H,6H2,1H3. The van der Waals surface area contributed by atoms with E-state index < -0.39 is 36.0 Å². The maximum absolute atomic E-state index is 13.1. The molecule has 0 amide bonds. The third kappa shape index (κ3) is 3.62. The number of carbonyl (C=O) groups excluding carboxylic acids is 2. The van der Waals surface area contributed by atoms with E-state index in [1.165, 1.54) is 19.2 Å². The van der Waals surface area contributed by atoms with Crippen molar-refractivity contribution in [3.8, 4) is 5.75 Å². The normalized spacial score (nSPS) is 12.9. The minimum Gasteiger partial charge on any atom is -0.497 e. The number of halogens is 7. The zero-order valence-corrected chi connectivity index (χ0v) is 11.4. The largest absolute Gasteiger partial charge is 0.497 e. The van der Waals surface area contributed by atoms with Gasteiger partial charge in [0.15, 0.2) is 5.78 Å². The number of alkyl halides is 7. The molecule has 1 rings (SSSR count). The topological polar surface area (TPSA) is 43.4 Å². The van der Waals surface area contributed by atoms with E-state index in [1.807, 2.05) is 0 Å². The van der Waals surface area contributed by atoms with E-state index in [4.69, 9.17) is 4.74 Å². The zero-order valence-electron chi connectivity index (χ0n) is 11.4. The van der Waals surface area contributed by atoms with Crippen LogP contribution in [0.1, 0.15) is 16.8 Å². The number of carbonyl (C=O) groups is 2. The Morgan fingerprint density at radius 1 is 0.957 bits per heavy atom. The number of methoxy groups -OCH3 is 1. The third-order valence-corrected chi connectivity index (χ3v) is 2.83. The summed E-state index contributed by atoms with van der Waals surface area (Å²) in [7, 11) is 1.29. The quantitative estimate of drug-likeness (QED) is 0.448. The highest BCUT2D eigenvalue weighted by molar-refractivity contribution is 6.10. The van der Waals surface area contributed by atoms with Crippen molar-refractivity contribution in [3.05, 3.63) is 29.8 Å². The van der Waals surface area contributed by atoms with Crippen molar-refractivity contribution in [2.45, 2.75) is 24.4 Å². The molecule has 0 radical (unpaired) electrons. The molecule has 0 N–H and O–H groups in total. The Labute approximate surface area is 125 Å². The fourth-order valence-electron chi connectivity index (χ4n) is 1.49. The van der Waals surface area contributed by atoms with Gasteiger partial charge in [-0.2, -0.15) is 30.7 Å². The minimum atomic E-state index is -6.63. The minimum absolute atomic E-state index is 0.279. The summed E-state index contributed by atoms with van der Waals surface area (Å²) in [6.07, 6.45) is -8.43. The van der Waals surface area contributed by atoms with Crippen molar-refractivity contribution in [1.29, 1.82) is 0 Å². The maximum atomic E-state index is 13.1. The molecule has 10 heteroatoms. The summed E-state index contributed by atoms with van der Waals surface area (Å²) in [5.41, 5.74) is -0.315. The number of hydrogen-bond donors (Lipinski definition) is 0. The Hall–Kier alpha value is -2.13. The molecule has 0 atom stereocenters. The average molecular weight is 346 g/mol. The second-order valence-electron chi connectivity index (χ2n) is 4.40. The van der Waals surface area contributed by atoms with Crippen molar-refractivity contribution in [3.63, 3.8) is 0 Å². The van der Waals surface area contributed by atoms with E-state index in [0.717, 1.165) is 12.1 Å². The molecule has 0 aliphatic rings. The average Bonchev–Trinajstić information content (AvgIpc) is 2.45. The van der Waals surface area contributed by atoms with Crippen LogP contribution in [0, 0.1) is 0 Å². The molecule has 3 nitrogen and oxygen atoms in total. The van der Waals surface area contributed by atoms with Gasteiger partial charge in [0.1, 0.15) is 5.75 Å². The van der Waals surface area contributed by atoms with Crippen LogP contribution in [0.5, 0.6) is 5.75 Å². The summed E-state index contributed by atoms with van der Waals surface area (Å²) < 4.78 is 92.2. The molecular formula is C13H9F7O3. The van der Waals surface area contributed by atoms with Gasteiger partial charge in [-0.1, -0.05) is 0 Å². The highest BCUT2D eigenvalue weighted by atomic mass is 19.4. The van der Waals surface area contributed by atoms with Gasteiger partial charge in [-0.3, -0.25) is 9.59 Å². The molecule has 0 aliphatic carbocycles. The molecule has 0 saturated heterocycles. The molecular weight excluding hydrogens is 337 g/mol. The predicted octanol–water partition coefficient (Wildman–Crippen LogP) is 3.67. The lowest BCUT2D eigenvalue weighted by molar-refractivity contribution is -0.343. The first-order chi connectivity index (χ1) is 10.3. The van der Waals surface area contributed by atoms with Crippen molar-refractivity contribution in [1.82, 2.24) is 0 Å². The smallest absolute Gasteiger partial charge is 0.460 e. The number of ketones is 2. The van der Waals surface area contributed by atoms with Gasteiger partial charge in [-0.05, 0) is 24.3 Å². The predicted molar refractivity (Wildman–Crippen MR) is 62.9 cm³/mol. The van der Waals surface area contributed by atoms with Gasteiger partial charge in [-0.25, -0.2) is 0 Å². The lowest BCUT2D eigenvalue weighted by Crippen LogP contribution is -2.56. The number of rotatable bonds is 6. The van der Waals surface area contributed by atoms with Crippen LogP contribution in [0.4, 0.5) is 30.7 Å². The van der Waals surface area contributed by atoms with Crippen LogP contribution in [-0.2, 0) is 4.79 Å². The first-order valence-electron chi connectivity index (χ1n) is 5.87. The van der Waals surface area contributed by atoms with E-state index in [1.54, 1.807) is 0 Å². The Bertz CT molecular complexity index is 591. The number of hydrogen-bond acceptors (Lipinski definition) is 3. The van der Waals surface area contributed by atoms with Crippen LogP contribution >= 0.6 is 0 Å². The van der Waals surface area contributed by atoms with Gasteiger partial charge in [-0.15, -0.1) is 0 Å². The van der Waals surface area contributed by atoms with Gasteiger partial charge in [0.2, 0.25) is 5.78 Å². The van der Waals surface area contributed by atoms with Crippen LogP contribution in [0.2, 0.25) is 0 Å². The van der Waals surface area contributed by atoms with E-state index >= 15 is 0 Å². The Balaban J connectivity index is 2.95. The Kier molecular flexibility index (Phi) is 5.07. The van der Waals surface area contributed by atoms with Gasteiger partial charge < -0.3 is 4.74 Å². The summed E-state index contributed by atoms with van der Waals surface area (Å²) in [4.78, 5) is 22.6. The number of benzene rings is 1. The van der Waals surface area contributed by atoms with E-state index in [-0.39, 0.29) is 11.3 Å². The van der Waals surface area contributed by atoms with Gasteiger partial charge in [0.05, 0.1) is 13.5 Å². The lowest BCUT2D eigenvalue weighted by atomic mass is 9.99. The maximum Gasteiger partial charge on any atom is 0.460 e. The molecule has 0 aliphatic heterocycles. The van der Waals surface area contributed by atoms with Crippen LogP contribution in [0.25, 0.3) is 0 Å². The Morgan fingerprint density at radius 3 is 1.83 bits per heavy atom. The molecule has 1 aromatic carbocycles. The number of Topliss-reactive ketones (excluding diaryl/α,β-unsaturated/α-hetero) is 2. The highest BCUT2D eigenvalue weighted by Crippen LogP contribution is 2.47.